The molecule has 0 aliphatic rings. The van der Waals surface area contributed by atoms with Gasteiger partial charge in [0.1, 0.15) is 5.75 Å². The Balaban J connectivity index is 2.12. The Bertz CT molecular complexity index is 582. The van der Waals surface area contributed by atoms with Gasteiger partial charge >= 0.3 is 0 Å². The fourth-order valence-electron chi connectivity index (χ4n) is 1.87. The molecule has 0 atom stereocenters. The molecule has 19 heavy (non-hydrogen) atoms. The maximum atomic E-state index is 9.72. The van der Waals surface area contributed by atoms with Crippen molar-refractivity contribution in [1.29, 1.82) is 0 Å². The number of hydrogen-bond donors (Lipinski definition) is 3. The first kappa shape index (κ1) is 13.1. The third-order valence-electron chi connectivity index (χ3n) is 3.00. The number of phenols is 2. The van der Waals surface area contributed by atoms with Gasteiger partial charge in [0.2, 0.25) is 0 Å². The molecule has 2 rings (SSSR count). The Morgan fingerprint density at radius 3 is 2.63 bits per heavy atom. The highest BCUT2D eigenvalue weighted by Gasteiger charge is 2.06. The van der Waals surface area contributed by atoms with E-state index in [2.05, 4.69) is 5.32 Å². The normalized spacial score (nSPS) is 10.2. The van der Waals surface area contributed by atoms with Gasteiger partial charge in [-0.2, -0.15) is 0 Å². The molecular weight excluding hydrogens is 242 g/mol. The number of rotatable bonds is 4. The SMILES string of the molecule is COc1ccc(NCc2cccc(O)c2O)c(C)c1. The molecule has 0 amide bonds. The van der Waals surface area contributed by atoms with Gasteiger partial charge in [0.05, 0.1) is 7.11 Å². The Morgan fingerprint density at radius 2 is 1.95 bits per heavy atom. The summed E-state index contributed by atoms with van der Waals surface area (Å²) < 4.78 is 5.15. The zero-order valence-corrected chi connectivity index (χ0v) is 11.0. The summed E-state index contributed by atoms with van der Waals surface area (Å²) in [6, 6.07) is 10.7. The smallest absolute Gasteiger partial charge is 0.162 e. The van der Waals surface area contributed by atoms with Crippen molar-refractivity contribution in [3.63, 3.8) is 0 Å². The van der Waals surface area contributed by atoms with E-state index in [1.165, 1.54) is 6.07 Å². The summed E-state index contributed by atoms with van der Waals surface area (Å²) in [7, 11) is 1.63. The van der Waals surface area contributed by atoms with Crippen LogP contribution in [0.3, 0.4) is 0 Å². The second-order valence-electron chi connectivity index (χ2n) is 4.32. The molecule has 0 unspecified atom stereocenters. The number of aromatic hydroxyl groups is 2. The molecule has 0 saturated carbocycles. The maximum absolute atomic E-state index is 9.72. The number of anilines is 1. The van der Waals surface area contributed by atoms with Gasteiger partial charge in [0.15, 0.2) is 11.5 Å². The standard InChI is InChI=1S/C15H17NO3/c1-10-8-12(19-2)6-7-13(10)16-9-11-4-3-5-14(17)15(11)18/h3-8,16-18H,9H2,1-2H3. The van der Waals surface area contributed by atoms with Crippen molar-refractivity contribution in [1.82, 2.24) is 0 Å². The van der Waals surface area contributed by atoms with Crippen molar-refractivity contribution in [2.45, 2.75) is 13.5 Å². The first-order valence-electron chi connectivity index (χ1n) is 6.00. The lowest BCUT2D eigenvalue weighted by Crippen LogP contribution is -2.01. The summed E-state index contributed by atoms with van der Waals surface area (Å²) in [5.74, 6) is 0.621. The van der Waals surface area contributed by atoms with Crippen molar-refractivity contribution in [3.8, 4) is 17.2 Å². The van der Waals surface area contributed by atoms with Crippen molar-refractivity contribution in [3.05, 3.63) is 47.5 Å². The van der Waals surface area contributed by atoms with E-state index in [9.17, 15) is 10.2 Å². The highest BCUT2D eigenvalue weighted by atomic mass is 16.5. The average Bonchev–Trinajstić information content (AvgIpc) is 2.41. The van der Waals surface area contributed by atoms with Crippen LogP contribution in [0.15, 0.2) is 36.4 Å². The van der Waals surface area contributed by atoms with Crippen LogP contribution in [0.2, 0.25) is 0 Å². The molecule has 0 radical (unpaired) electrons. The van der Waals surface area contributed by atoms with Crippen LogP contribution in [-0.2, 0) is 6.54 Å². The van der Waals surface area contributed by atoms with Crippen molar-refractivity contribution in [2.24, 2.45) is 0 Å². The highest BCUT2D eigenvalue weighted by Crippen LogP contribution is 2.29. The third kappa shape index (κ3) is 2.91. The Labute approximate surface area is 112 Å². The molecule has 4 nitrogen and oxygen atoms in total. The molecule has 0 bridgehead atoms. The fraction of sp³-hybridized carbons (Fsp3) is 0.200. The molecule has 0 aliphatic carbocycles. The minimum Gasteiger partial charge on any atom is -0.504 e. The monoisotopic (exact) mass is 259 g/mol. The Morgan fingerprint density at radius 1 is 1.16 bits per heavy atom. The lowest BCUT2D eigenvalue weighted by Gasteiger charge is -2.12. The lowest BCUT2D eigenvalue weighted by atomic mass is 10.1. The molecule has 0 spiro atoms. The molecule has 100 valence electrons. The van der Waals surface area contributed by atoms with E-state index >= 15 is 0 Å². The van der Waals surface area contributed by atoms with E-state index in [1.54, 1.807) is 19.2 Å². The number of aryl methyl sites for hydroxylation is 1. The molecule has 0 fully saturated rings. The number of nitrogens with one attached hydrogen (secondary N) is 1. The second-order valence-corrected chi connectivity index (χ2v) is 4.32. The zero-order valence-electron chi connectivity index (χ0n) is 11.0. The van der Waals surface area contributed by atoms with Crippen LogP contribution in [0.5, 0.6) is 17.2 Å². The number of para-hydroxylation sites is 1. The summed E-state index contributed by atoms with van der Waals surface area (Å²) in [6.07, 6.45) is 0. The molecule has 0 heterocycles. The number of methoxy groups -OCH3 is 1. The van der Waals surface area contributed by atoms with E-state index in [4.69, 9.17) is 4.74 Å². The summed E-state index contributed by atoms with van der Waals surface area (Å²) in [6.45, 7) is 2.42. The van der Waals surface area contributed by atoms with E-state index in [0.717, 1.165) is 17.0 Å². The van der Waals surface area contributed by atoms with E-state index < -0.39 is 0 Å². The summed E-state index contributed by atoms with van der Waals surface area (Å²) in [5.41, 5.74) is 2.66. The fourth-order valence-corrected chi connectivity index (χ4v) is 1.87. The molecular formula is C15H17NO3. The summed E-state index contributed by atoms with van der Waals surface area (Å²) in [4.78, 5) is 0. The predicted molar refractivity (Wildman–Crippen MR) is 74.8 cm³/mol. The molecule has 0 aromatic heterocycles. The van der Waals surface area contributed by atoms with E-state index in [-0.39, 0.29) is 11.5 Å². The Hall–Kier alpha value is -2.36. The van der Waals surface area contributed by atoms with Crippen LogP contribution in [0.4, 0.5) is 5.69 Å². The first-order chi connectivity index (χ1) is 9.11. The predicted octanol–water partition coefficient (Wildman–Crippen LogP) is 3.03. The van der Waals surface area contributed by atoms with Gasteiger partial charge in [0, 0.05) is 17.8 Å². The van der Waals surface area contributed by atoms with Crippen molar-refractivity contribution in [2.75, 3.05) is 12.4 Å². The van der Waals surface area contributed by atoms with Crippen LogP contribution >= 0.6 is 0 Å². The largest absolute Gasteiger partial charge is 0.504 e. The van der Waals surface area contributed by atoms with Gasteiger partial charge in [-0.3, -0.25) is 0 Å². The van der Waals surface area contributed by atoms with Gasteiger partial charge in [-0.15, -0.1) is 0 Å². The van der Waals surface area contributed by atoms with E-state index in [1.807, 2.05) is 25.1 Å². The highest BCUT2D eigenvalue weighted by molar-refractivity contribution is 5.55. The second kappa shape index (κ2) is 5.52. The van der Waals surface area contributed by atoms with Crippen LogP contribution in [0, 0.1) is 6.92 Å². The number of benzene rings is 2. The Kier molecular flexibility index (Phi) is 3.80. The van der Waals surface area contributed by atoms with Crippen LogP contribution in [0.1, 0.15) is 11.1 Å². The average molecular weight is 259 g/mol. The molecule has 0 aliphatic heterocycles. The van der Waals surface area contributed by atoms with Gasteiger partial charge in [-0.25, -0.2) is 0 Å². The summed E-state index contributed by atoms with van der Waals surface area (Å²) in [5, 5.41) is 22.4. The van der Waals surface area contributed by atoms with Gasteiger partial charge in [-0.1, -0.05) is 12.1 Å². The first-order valence-corrected chi connectivity index (χ1v) is 6.00. The topological polar surface area (TPSA) is 61.7 Å². The molecule has 2 aromatic rings. The summed E-state index contributed by atoms with van der Waals surface area (Å²) >= 11 is 0. The zero-order chi connectivity index (χ0) is 13.8. The maximum Gasteiger partial charge on any atom is 0.162 e. The lowest BCUT2D eigenvalue weighted by molar-refractivity contribution is 0.400. The number of ether oxygens (including phenoxy) is 1. The minimum absolute atomic E-state index is 0.0823. The molecule has 4 heteroatoms. The van der Waals surface area contributed by atoms with Gasteiger partial charge in [0.25, 0.3) is 0 Å². The molecule has 3 N–H and O–H groups in total. The van der Waals surface area contributed by atoms with Crippen LogP contribution in [-0.4, -0.2) is 17.3 Å². The van der Waals surface area contributed by atoms with Gasteiger partial charge in [-0.05, 0) is 36.8 Å². The quantitative estimate of drug-likeness (QED) is 0.739. The molecule has 2 aromatic carbocycles. The van der Waals surface area contributed by atoms with Crippen molar-refractivity contribution >= 4 is 5.69 Å². The minimum atomic E-state index is -0.106. The van der Waals surface area contributed by atoms with Crippen LogP contribution < -0.4 is 10.1 Å². The van der Waals surface area contributed by atoms with Crippen LogP contribution in [0.25, 0.3) is 0 Å². The van der Waals surface area contributed by atoms with Gasteiger partial charge < -0.3 is 20.3 Å². The third-order valence-corrected chi connectivity index (χ3v) is 3.00. The number of hydrogen-bond acceptors (Lipinski definition) is 4. The van der Waals surface area contributed by atoms with E-state index in [0.29, 0.717) is 12.1 Å². The molecule has 0 saturated heterocycles. The van der Waals surface area contributed by atoms with Crippen molar-refractivity contribution < 1.29 is 14.9 Å². The number of phenolic OH excluding ortho intramolecular Hbond substituents is 2.